The van der Waals surface area contributed by atoms with E-state index in [0.717, 1.165) is 5.56 Å². The van der Waals surface area contributed by atoms with Crippen molar-refractivity contribution in [2.45, 2.75) is 26.7 Å². The molecule has 0 amide bonds. The van der Waals surface area contributed by atoms with Crippen LogP contribution < -0.4 is 0 Å². The lowest BCUT2D eigenvalue weighted by atomic mass is 9.87. The van der Waals surface area contributed by atoms with Crippen molar-refractivity contribution in [3.8, 4) is 6.07 Å². The first-order valence-corrected chi connectivity index (χ1v) is 3.63. The average molecular weight is 161 g/mol. The van der Waals surface area contributed by atoms with Gasteiger partial charge in [0.05, 0.1) is 11.5 Å². The van der Waals surface area contributed by atoms with Crippen LogP contribution in [0.4, 0.5) is 0 Å². The molecule has 1 rings (SSSR count). The fourth-order valence-corrected chi connectivity index (χ4v) is 0.919. The number of nitrogens with zero attached hydrogens (tertiary/aromatic N) is 1. The van der Waals surface area contributed by atoms with Crippen LogP contribution in [0, 0.1) is 11.3 Å². The van der Waals surface area contributed by atoms with Gasteiger partial charge in [0.15, 0.2) is 0 Å². The van der Waals surface area contributed by atoms with Gasteiger partial charge in [0.2, 0.25) is 0 Å². The van der Waals surface area contributed by atoms with Gasteiger partial charge in [-0.25, -0.2) is 0 Å². The van der Waals surface area contributed by atoms with E-state index in [4.69, 9.17) is 5.26 Å². The Labute approximate surface area is 74.7 Å². The standard InChI is InChI=1S/C10H11N.CH4/c1-10(2,8-11)9-6-4-3-5-7-9;/h3-7H,1-2H3;1H4. The van der Waals surface area contributed by atoms with Crippen LogP contribution in [0.5, 0.6) is 0 Å². The van der Waals surface area contributed by atoms with Gasteiger partial charge in [-0.15, -0.1) is 0 Å². The predicted molar refractivity (Wildman–Crippen MR) is 51.8 cm³/mol. The zero-order chi connectivity index (χ0) is 8.32. The second kappa shape index (κ2) is 3.92. The van der Waals surface area contributed by atoms with Gasteiger partial charge < -0.3 is 0 Å². The molecule has 0 fully saturated rings. The molecule has 0 aliphatic carbocycles. The monoisotopic (exact) mass is 161 g/mol. The molecule has 0 aliphatic heterocycles. The predicted octanol–water partition coefficient (Wildman–Crippen LogP) is 3.12. The molecule has 0 saturated heterocycles. The first-order valence-electron chi connectivity index (χ1n) is 3.63. The van der Waals surface area contributed by atoms with Gasteiger partial charge in [0.1, 0.15) is 0 Å². The van der Waals surface area contributed by atoms with Gasteiger partial charge >= 0.3 is 0 Å². The van der Waals surface area contributed by atoms with E-state index in [0.29, 0.717) is 0 Å². The summed E-state index contributed by atoms with van der Waals surface area (Å²) in [5.74, 6) is 0. The Morgan fingerprint density at radius 1 is 1.17 bits per heavy atom. The summed E-state index contributed by atoms with van der Waals surface area (Å²) in [5.41, 5.74) is 0.712. The molecule has 1 aromatic rings. The molecule has 0 atom stereocenters. The first kappa shape index (κ1) is 10.7. The summed E-state index contributed by atoms with van der Waals surface area (Å²) in [6, 6.07) is 12.1. The van der Waals surface area contributed by atoms with Crippen LogP contribution in [-0.2, 0) is 5.41 Å². The summed E-state index contributed by atoms with van der Waals surface area (Å²) in [5, 5.41) is 8.80. The van der Waals surface area contributed by atoms with Crippen molar-refractivity contribution in [3.63, 3.8) is 0 Å². The Balaban J connectivity index is 0.00000121. The molecular formula is C11H15N. The van der Waals surface area contributed by atoms with Crippen molar-refractivity contribution in [1.29, 1.82) is 5.26 Å². The lowest BCUT2D eigenvalue weighted by molar-refractivity contribution is 0.687. The zero-order valence-electron chi connectivity index (χ0n) is 6.83. The topological polar surface area (TPSA) is 23.8 Å². The number of hydrogen-bond acceptors (Lipinski definition) is 1. The van der Waals surface area contributed by atoms with E-state index in [9.17, 15) is 0 Å². The number of hydrogen-bond donors (Lipinski definition) is 0. The molecule has 0 heterocycles. The highest BCUT2D eigenvalue weighted by Gasteiger charge is 2.18. The fraction of sp³-hybridized carbons (Fsp3) is 0.364. The quantitative estimate of drug-likeness (QED) is 0.620. The minimum Gasteiger partial charge on any atom is -0.197 e. The lowest BCUT2D eigenvalue weighted by Crippen LogP contribution is -2.13. The molecule has 12 heavy (non-hydrogen) atoms. The molecule has 0 bridgehead atoms. The highest BCUT2D eigenvalue weighted by Crippen LogP contribution is 2.20. The van der Waals surface area contributed by atoms with E-state index >= 15 is 0 Å². The summed E-state index contributed by atoms with van der Waals surface area (Å²) in [4.78, 5) is 0. The minimum atomic E-state index is -0.360. The van der Waals surface area contributed by atoms with Crippen LogP contribution in [0.2, 0.25) is 0 Å². The van der Waals surface area contributed by atoms with E-state index < -0.39 is 0 Å². The largest absolute Gasteiger partial charge is 0.197 e. The van der Waals surface area contributed by atoms with Crippen molar-refractivity contribution in [1.82, 2.24) is 0 Å². The molecule has 1 aromatic carbocycles. The second-order valence-corrected chi connectivity index (χ2v) is 3.10. The van der Waals surface area contributed by atoms with Crippen LogP contribution in [0.15, 0.2) is 30.3 Å². The van der Waals surface area contributed by atoms with Crippen LogP contribution in [0.3, 0.4) is 0 Å². The van der Waals surface area contributed by atoms with Crippen molar-refractivity contribution in [2.75, 3.05) is 0 Å². The molecule has 1 nitrogen and oxygen atoms in total. The minimum absolute atomic E-state index is 0. The summed E-state index contributed by atoms with van der Waals surface area (Å²) in [7, 11) is 0. The molecule has 0 unspecified atom stereocenters. The molecule has 0 aromatic heterocycles. The summed E-state index contributed by atoms with van der Waals surface area (Å²) < 4.78 is 0. The van der Waals surface area contributed by atoms with Gasteiger partial charge in [0.25, 0.3) is 0 Å². The SMILES string of the molecule is C.CC(C)(C#N)c1ccccc1. The smallest absolute Gasteiger partial charge is 0.0766 e. The third-order valence-corrected chi connectivity index (χ3v) is 1.77. The summed E-state index contributed by atoms with van der Waals surface area (Å²) >= 11 is 0. The first-order chi connectivity index (χ1) is 5.17. The molecule has 64 valence electrons. The van der Waals surface area contributed by atoms with Gasteiger partial charge in [-0.05, 0) is 19.4 Å². The average Bonchev–Trinajstić information content (AvgIpc) is 2.06. The van der Waals surface area contributed by atoms with Gasteiger partial charge in [-0.1, -0.05) is 37.8 Å². The van der Waals surface area contributed by atoms with E-state index in [1.54, 1.807) is 0 Å². The molecular weight excluding hydrogens is 146 g/mol. The second-order valence-electron chi connectivity index (χ2n) is 3.10. The summed E-state index contributed by atoms with van der Waals surface area (Å²) in [6.45, 7) is 3.84. The molecule has 0 N–H and O–H groups in total. The molecule has 0 saturated carbocycles. The van der Waals surface area contributed by atoms with Crippen LogP contribution in [0.25, 0.3) is 0 Å². The van der Waals surface area contributed by atoms with Crippen molar-refractivity contribution < 1.29 is 0 Å². The Morgan fingerprint density at radius 2 is 1.67 bits per heavy atom. The van der Waals surface area contributed by atoms with Crippen LogP contribution >= 0.6 is 0 Å². The molecule has 1 heteroatoms. The Kier molecular flexibility index (Phi) is 3.50. The Morgan fingerprint density at radius 3 is 2.08 bits per heavy atom. The molecule has 0 spiro atoms. The van der Waals surface area contributed by atoms with Crippen molar-refractivity contribution in [2.24, 2.45) is 0 Å². The zero-order valence-corrected chi connectivity index (χ0v) is 6.83. The number of nitriles is 1. The Bertz CT molecular complexity index is 267. The highest BCUT2D eigenvalue weighted by molar-refractivity contribution is 5.29. The van der Waals surface area contributed by atoms with Gasteiger partial charge in [-0.2, -0.15) is 5.26 Å². The maximum Gasteiger partial charge on any atom is 0.0766 e. The van der Waals surface area contributed by atoms with E-state index in [1.807, 2.05) is 44.2 Å². The maximum absolute atomic E-state index is 8.80. The molecule has 0 radical (unpaired) electrons. The number of rotatable bonds is 1. The molecule has 0 aliphatic rings. The van der Waals surface area contributed by atoms with Gasteiger partial charge in [-0.3, -0.25) is 0 Å². The Hall–Kier alpha value is -1.29. The van der Waals surface area contributed by atoms with Crippen LogP contribution in [0.1, 0.15) is 26.8 Å². The number of benzene rings is 1. The van der Waals surface area contributed by atoms with Crippen molar-refractivity contribution >= 4 is 0 Å². The normalized spacial score (nSPS) is 9.75. The van der Waals surface area contributed by atoms with E-state index in [-0.39, 0.29) is 12.8 Å². The van der Waals surface area contributed by atoms with E-state index in [2.05, 4.69) is 6.07 Å². The lowest BCUT2D eigenvalue weighted by Gasteiger charge is -2.14. The van der Waals surface area contributed by atoms with E-state index in [1.165, 1.54) is 0 Å². The van der Waals surface area contributed by atoms with Crippen molar-refractivity contribution in [3.05, 3.63) is 35.9 Å². The third-order valence-electron chi connectivity index (χ3n) is 1.77. The summed E-state index contributed by atoms with van der Waals surface area (Å²) in [6.07, 6.45) is 0. The third kappa shape index (κ3) is 2.10. The fourth-order valence-electron chi connectivity index (χ4n) is 0.919. The maximum atomic E-state index is 8.80. The van der Waals surface area contributed by atoms with Gasteiger partial charge in [0, 0.05) is 0 Å². The highest BCUT2D eigenvalue weighted by atomic mass is 14.3. The van der Waals surface area contributed by atoms with Crippen LogP contribution in [-0.4, -0.2) is 0 Å².